The Balaban J connectivity index is 1.88. The Morgan fingerprint density at radius 1 is 1.05 bits per heavy atom. The van der Waals surface area contributed by atoms with Crippen molar-refractivity contribution in [3.63, 3.8) is 0 Å². The standard InChI is InChI=1S/C16H14FN3O/c17-14-9-5-4-6-12(14)10-16(21)15-11-18-19-20(15)13-7-2-1-3-8-13/h1-9,11,16,21H,10H2. The zero-order valence-electron chi connectivity index (χ0n) is 11.2. The van der Waals surface area contributed by atoms with Crippen LogP contribution in [0.3, 0.4) is 0 Å². The fraction of sp³-hybridized carbons (Fsp3) is 0.125. The van der Waals surface area contributed by atoms with Crippen LogP contribution in [0.2, 0.25) is 0 Å². The molecule has 0 saturated carbocycles. The summed E-state index contributed by atoms with van der Waals surface area (Å²) in [5.41, 5.74) is 1.80. The van der Waals surface area contributed by atoms with E-state index >= 15 is 0 Å². The second-order valence-electron chi connectivity index (χ2n) is 4.72. The Morgan fingerprint density at radius 3 is 2.52 bits per heavy atom. The number of rotatable bonds is 4. The van der Waals surface area contributed by atoms with Crippen LogP contribution in [0.4, 0.5) is 4.39 Å². The molecule has 0 saturated heterocycles. The lowest BCUT2D eigenvalue weighted by atomic mass is 10.1. The number of aliphatic hydroxyl groups is 1. The molecular formula is C16H14FN3O. The van der Waals surface area contributed by atoms with Gasteiger partial charge < -0.3 is 5.11 Å². The van der Waals surface area contributed by atoms with E-state index in [-0.39, 0.29) is 12.2 Å². The smallest absolute Gasteiger partial charge is 0.126 e. The molecule has 5 heteroatoms. The van der Waals surface area contributed by atoms with E-state index in [4.69, 9.17) is 0 Å². The molecule has 106 valence electrons. The molecule has 1 N–H and O–H groups in total. The van der Waals surface area contributed by atoms with Crippen LogP contribution in [0.25, 0.3) is 5.69 Å². The molecule has 0 aliphatic heterocycles. The normalized spacial score (nSPS) is 12.3. The minimum Gasteiger partial charge on any atom is -0.386 e. The van der Waals surface area contributed by atoms with Gasteiger partial charge in [-0.15, -0.1) is 5.10 Å². The first kappa shape index (κ1) is 13.5. The van der Waals surface area contributed by atoms with Crippen LogP contribution in [-0.2, 0) is 6.42 Å². The highest BCUT2D eigenvalue weighted by Gasteiger charge is 2.17. The molecule has 3 aromatic rings. The van der Waals surface area contributed by atoms with Gasteiger partial charge in [-0.1, -0.05) is 41.6 Å². The summed E-state index contributed by atoms with van der Waals surface area (Å²) < 4.78 is 15.2. The van der Waals surface area contributed by atoms with Gasteiger partial charge in [0.15, 0.2) is 0 Å². The molecule has 1 unspecified atom stereocenters. The monoisotopic (exact) mass is 283 g/mol. The van der Waals surface area contributed by atoms with Gasteiger partial charge in [-0.25, -0.2) is 9.07 Å². The summed E-state index contributed by atoms with van der Waals surface area (Å²) in [6.07, 6.45) is 0.794. The number of hydrogen-bond donors (Lipinski definition) is 1. The summed E-state index contributed by atoms with van der Waals surface area (Å²) in [5.74, 6) is -0.324. The molecule has 2 aromatic carbocycles. The van der Waals surface area contributed by atoms with Crippen LogP contribution >= 0.6 is 0 Å². The summed E-state index contributed by atoms with van der Waals surface area (Å²) in [6, 6.07) is 15.8. The molecule has 0 bridgehead atoms. The summed E-state index contributed by atoms with van der Waals surface area (Å²) in [7, 11) is 0. The number of aliphatic hydroxyl groups excluding tert-OH is 1. The van der Waals surface area contributed by atoms with Gasteiger partial charge in [-0.05, 0) is 23.8 Å². The Hall–Kier alpha value is -2.53. The molecule has 0 spiro atoms. The molecule has 1 heterocycles. The topological polar surface area (TPSA) is 50.9 Å². The highest BCUT2D eigenvalue weighted by molar-refractivity contribution is 5.32. The number of para-hydroxylation sites is 1. The Morgan fingerprint density at radius 2 is 1.76 bits per heavy atom. The third kappa shape index (κ3) is 2.83. The molecule has 0 radical (unpaired) electrons. The van der Waals surface area contributed by atoms with Crippen molar-refractivity contribution in [2.75, 3.05) is 0 Å². The Labute approximate surface area is 121 Å². The van der Waals surface area contributed by atoms with Crippen molar-refractivity contribution in [1.82, 2.24) is 15.0 Å². The minimum absolute atomic E-state index is 0.173. The average Bonchev–Trinajstić information content (AvgIpc) is 3.00. The van der Waals surface area contributed by atoms with Gasteiger partial charge in [0, 0.05) is 6.42 Å². The highest BCUT2D eigenvalue weighted by atomic mass is 19.1. The zero-order valence-corrected chi connectivity index (χ0v) is 11.2. The number of nitrogens with zero attached hydrogens (tertiary/aromatic N) is 3. The van der Waals surface area contributed by atoms with Gasteiger partial charge in [0.1, 0.15) is 11.9 Å². The molecular weight excluding hydrogens is 269 g/mol. The van der Waals surface area contributed by atoms with Crippen molar-refractivity contribution in [3.05, 3.63) is 77.9 Å². The van der Waals surface area contributed by atoms with E-state index in [0.717, 1.165) is 5.69 Å². The zero-order chi connectivity index (χ0) is 14.7. The van der Waals surface area contributed by atoms with Gasteiger partial charge in [-0.3, -0.25) is 0 Å². The highest BCUT2D eigenvalue weighted by Crippen LogP contribution is 2.21. The molecule has 1 aromatic heterocycles. The predicted molar refractivity (Wildman–Crippen MR) is 76.4 cm³/mol. The van der Waals surface area contributed by atoms with E-state index in [9.17, 15) is 9.50 Å². The van der Waals surface area contributed by atoms with Crippen molar-refractivity contribution in [2.45, 2.75) is 12.5 Å². The molecule has 21 heavy (non-hydrogen) atoms. The largest absolute Gasteiger partial charge is 0.386 e. The third-order valence-corrected chi connectivity index (χ3v) is 3.29. The lowest BCUT2D eigenvalue weighted by Crippen LogP contribution is -2.10. The minimum atomic E-state index is -0.878. The molecule has 1 atom stereocenters. The number of aromatic nitrogens is 3. The molecule has 0 fully saturated rings. The fourth-order valence-corrected chi connectivity index (χ4v) is 2.22. The van der Waals surface area contributed by atoms with Gasteiger partial charge in [-0.2, -0.15) is 0 Å². The van der Waals surface area contributed by atoms with Crippen LogP contribution in [-0.4, -0.2) is 20.1 Å². The van der Waals surface area contributed by atoms with Crippen molar-refractivity contribution in [3.8, 4) is 5.69 Å². The predicted octanol–water partition coefficient (Wildman–Crippen LogP) is 2.68. The molecule has 0 amide bonds. The summed E-state index contributed by atoms with van der Waals surface area (Å²) in [4.78, 5) is 0. The summed E-state index contributed by atoms with van der Waals surface area (Å²) in [6.45, 7) is 0. The van der Waals surface area contributed by atoms with E-state index in [1.165, 1.54) is 12.3 Å². The lowest BCUT2D eigenvalue weighted by Gasteiger charge is -2.13. The SMILES string of the molecule is OC(Cc1ccccc1F)c1cnnn1-c1ccccc1. The lowest BCUT2D eigenvalue weighted by molar-refractivity contribution is 0.169. The van der Waals surface area contributed by atoms with E-state index in [1.54, 1.807) is 22.9 Å². The molecule has 0 aliphatic rings. The van der Waals surface area contributed by atoms with Crippen molar-refractivity contribution in [1.29, 1.82) is 0 Å². The van der Waals surface area contributed by atoms with Gasteiger partial charge in [0.05, 0.1) is 17.6 Å². The number of hydrogen-bond acceptors (Lipinski definition) is 3. The van der Waals surface area contributed by atoms with Crippen LogP contribution in [0.1, 0.15) is 17.4 Å². The maximum atomic E-state index is 13.7. The maximum absolute atomic E-state index is 13.7. The van der Waals surface area contributed by atoms with Gasteiger partial charge in [0.25, 0.3) is 0 Å². The van der Waals surface area contributed by atoms with E-state index in [1.807, 2.05) is 30.3 Å². The molecule has 0 aliphatic carbocycles. The first-order valence-electron chi connectivity index (χ1n) is 6.63. The average molecular weight is 283 g/mol. The fourth-order valence-electron chi connectivity index (χ4n) is 2.22. The summed E-state index contributed by atoms with van der Waals surface area (Å²) >= 11 is 0. The first-order valence-corrected chi connectivity index (χ1v) is 6.63. The second-order valence-corrected chi connectivity index (χ2v) is 4.72. The Bertz CT molecular complexity index is 727. The number of halogens is 1. The van der Waals surface area contributed by atoms with Gasteiger partial charge >= 0.3 is 0 Å². The second kappa shape index (κ2) is 5.85. The van der Waals surface area contributed by atoms with Crippen molar-refractivity contribution >= 4 is 0 Å². The van der Waals surface area contributed by atoms with E-state index in [0.29, 0.717) is 11.3 Å². The van der Waals surface area contributed by atoms with E-state index in [2.05, 4.69) is 10.3 Å². The van der Waals surface area contributed by atoms with Crippen molar-refractivity contribution in [2.24, 2.45) is 0 Å². The van der Waals surface area contributed by atoms with Crippen LogP contribution in [0.15, 0.2) is 60.8 Å². The van der Waals surface area contributed by atoms with Crippen LogP contribution in [0, 0.1) is 5.82 Å². The first-order chi connectivity index (χ1) is 10.3. The Kier molecular flexibility index (Phi) is 3.75. The van der Waals surface area contributed by atoms with Crippen LogP contribution < -0.4 is 0 Å². The maximum Gasteiger partial charge on any atom is 0.126 e. The molecule has 3 rings (SSSR count). The number of benzene rings is 2. The van der Waals surface area contributed by atoms with Crippen LogP contribution in [0.5, 0.6) is 0 Å². The third-order valence-electron chi connectivity index (χ3n) is 3.29. The summed E-state index contributed by atoms with van der Waals surface area (Å²) in [5, 5.41) is 18.2. The molecule has 4 nitrogen and oxygen atoms in total. The van der Waals surface area contributed by atoms with Gasteiger partial charge in [0.2, 0.25) is 0 Å². The van der Waals surface area contributed by atoms with E-state index < -0.39 is 6.10 Å². The van der Waals surface area contributed by atoms with Crippen molar-refractivity contribution < 1.29 is 9.50 Å². The quantitative estimate of drug-likeness (QED) is 0.801.